The van der Waals surface area contributed by atoms with Crippen LogP contribution in [0.3, 0.4) is 0 Å². The van der Waals surface area contributed by atoms with E-state index in [-0.39, 0.29) is 5.69 Å². The van der Waals surface area contributed by atoms with E-state index in [2.05, 4.69) is 15.5 Å². The van der Waals surface area contributed by atoms with Crippen LogP contribution in [0.2, 0.25) is 0 Å². The molecule has 3 rings (SSSR count). The van der Waals surface area contributed by atoms with Crippen molar-refractivity contribution in [2.75, 3.05) is 5.32 Å². The molecule has 0 saturated carbocycles. The molecule has 1 heterocycles. The smallest absolute Gasteiger partial charge is 0.356 e. The molecule has 0 amide bonds. The van der Waals surface area contributed by atoms with Crippen LogP contribution in [-0.4, -0.2) is 4.98 Å². The van der Waals surface area contributed by atoms with E-state index in [4.69, 9.17) is 0 Å². The van der Waals surface area contributed by atoms with Crippen molar-refractivity contribution in [3.8, 4) is 0 Å². The Labute approximate surface area is 128 Å². The first-order chi connectivity index (χ1) is 11.0. The van der Waals surface area contributed by atoms with Gasteiger partial charge >= 0.3 is 6.18 Å². The van der Waals surface area contributed by atoms with E-state index < -0.39 is 11.7 Å². The van der Waals surface area contributed by atoms with Gasteiger partial charge in [-0.25, -0.2) is 0 Å². The highest BCUT2D eigenvalue weighted by atomic mass is 19.4. The monoisotopic (exact) mass is 317 g/mol. The van der Waals surface area contributed by atoms with Crippen LogP contribution in [0.4, 0.5) is 30.2 Å². The van der Waals surface area contributed by atoms with Crippen molar-refractivity contribution in [2.24, 2.45) is 5.18 Å². The molecule has 1 aromatic heterocycles. The lowest BCUT2D eigenvalue weighted by molar-refractivity contribution is -0.137. The van der Waals surface area contributed by atoms with Gasteiger partial charge in [0.2, 0.25) is 0 Å². The van der Waals surface area contributed by atoms with E-state index in [0.29, 0.717) is 22.3 Å². The Kier molecular flexibility index (Phi) is 3.69. The molecule has 0 saturated heterocycles. The van der Waals surface area contributed by atoms with Gasteiger partial charge in [0, 0.05) is 23.0 Å². The molecular formula is C16H10F3N3O. The topological polar surface area (TPSA) is 54.4 Å². The van der Waals surface area contributed by atoms with Crippen LogP contribution in [0.5, 0.6) is 0 Å². The van der Waals surface area contributed by atoms with E-state index in [0.717, 1.165) is 12.1 Å². The van der Waals surface area contributed by atoms with E-state index >= 15 is 0 Å². The maximum atomic E-state index is 12.5. The molecule has 0 aliphatic rings. The molecule has 0 spiro atoms. The maximum absolute atomic E-state index is 12.5. The maximum Gasteiger partial charge on any atom is 0.416 e. The third-order valence-corrected chi connectivity index (χ3v) is 3.32. The number of hydrogen-bond donors (Lipinski definition) is 1. The molecule has 116 valence electrons. The van der Waals surface area contributed by atoms with Crippen LogP contribution >= 0.6 is 0 Å². The van der Waals surface area contributed by atoms with E-state index in [1.165, 1.54) is 24.4 Å². The van der Waals surface area contributed by atoms with Crippen LogP contribution in [-0.2, 0) is 6.18 Å². The van der Waals surface area contributed by atoms with E-state index in [9.17, 15) is 18.1 Å². The normalized spacial score (nSPS) is 11.4. The standard InChI is InChI=1S/C16H10F3N3O/c17-16(18,19)10-1-3-11(4-2-10)21-12-5-6-14-13(9-12)15(22-23)7-8-20-14/h1-9,21H. The van der Waals surface area contributed by atoms with Crippen LogP contribution < -0.4 is 5.32 Å². The van der Waals surface area contributed by atoms with Gasteiger partial charge in [0.1, 0.15) is 5.69 Å². The highest BCUT2D eigenvalue weighted by Gasteiger charge is 2.29. The van der Waals surface area contributed by atoms with Crippen LogP contribution in [0, 0.1) is 4.91 Å². The van der Waals surface area contributed by atoms with Crippen molar-refractivity contribution in [1.29, 1.82) is 0 Å². The predicted molar refractivity (Wildman–Crippen MR) is 81.9 cm³/mol. The molecule has 0 bridgehead atoms. The summed E-state index contributed by atoms with van der Waals surface area (Å²) < 4.78 is 37.6. The summed E-state index contributed by atoms with van der Waals surface area (Å²) in [5, 5.41) is 6.50. The third kappa shape index (κ3) is 3.13. The fourth-order valence-corrected chi connectivity index (χ4v) is 2.20. The number of halogens is 3. The second-order valence-corrected chi connectivity index (χ2v) is 4.85. The van der Waals surface area contributed by atoms with Crippen molar-refractivity contribution in [3.05, 3.63) is 65.2 Å². The fraction of sp³-hybridized carbons (Fsp3) is 0.0625. The van der Waals surface area contributed by atoms with Crippen molar-refractivity contribution in [3.63, 3.8) is 0 Å². The number of alkyl halides is 3. The van der Waals surface area contributed by atoms with Crippen molar-refractivity contribution in [2.45, 2.75) is 6.18 Å². The zero-order chi connectivity index (χ0) is 16.4. The molecule has 3 aromatic rings. The molecule has 0 atom stereocenters. The van der Waals surface area contributed by atoms with Crippen LogP contribution in [0.25, 0.3) is 10.9 Å². The molecule has 1 N–H and O–H groups in total. The second-order valence-electron chi connectivity index (χ2n) is 4.85. The van der Waals surface area contributed by atoms with Crippen molar-refractivity contribution >= 4 is 28.0 Å². The summed E-state index contributed by atoms with van der Waals surface area (Å²) in [6, 6.07) is 11.3. The first kappa shape index (κ1) is 15.0. The predicted octanol–water partition coefficient (Wildman–Crippen LogP) is 5.40. The Hall–Kier alpha value is -2.96. The Morgan fingerprint density at radius 3 is 2.30 bits per heavy atom. The quantitative estimate of drug-likeness (QED) is 0.658. The van der Waals surface area contributed by atoms with E-state index in [1.807, 2.05) is 0 Å². The number of anilines is 2. The minimum absolute atomic E-state index is 0.256. The van der Waals surface area contributed by atoms with Gasteiger partial charge in [-0.15, -0.1) is 4.91 Å². The largest absolute Gasteiger partial charge is 0.416 e. The summed E-state index contributed by atoms with van der Waals surface area (Å²) in [5.41, 5.74) is 1.28. The number of pyridine rings is 1. The fourth-order valence-electron chi connectivity index (χ4n) is 2.20. The molecule has 0 aliphatic heterocycles. The first-order valence-corrected chi connectivity index (χ1v) is 6.64. The highest BCUT2D eigenvalue weighted by molar-refractivity contribution is 5.92. The molecule has 23 heavy (non-hydrogen) atoms. The van der Waals surface area contributed by atoms with Crippen LogP contribution in [0.1, 0.15) is 5.56 Å². The third-order valence-electron chi connectivity index (χ3n) is 3.32. The van der Waals surface area contributed by atoms with Gasteiger partial charge in [-0.1, -0.05) is 0 Å². The Morgan fingerprint density at radius 2 is 1.65 bits per heavy atom. The van der Waals surface area contributed by atoms with Gasteiger partial charge in [-0.2, -0.15) is 13.2 Å². The molecule has 0 aliphatic carbocycles. The van der Waals surface area contributed by atoms with Gasteiger partial charge in [0.05, 0.1) is 11.1 Å². The Bertz CT molecular complexity index is 861. The van der Waals surface area contributed by atoms with Gasteiger partial charge < -0.3 is 5.32 Å². The van der Waals surface area contributed by atoms with Gasteiger partial charge in [0.15, 0.2) is 0 Å². The molecule has 4 nitrogen and oxygen atoms in total. The number of aromatic nitrogens is 1. The van der Waals surface area contributed by atoms with Crippen molar-refractivity contribution in [1.82, 2.24) is 4.98 Å². The summed E-state index contributed by atoms with van der Waals surface area (Å²) in [4.78, 5) is 14.9. The number of nitroso groups, excluding NO2 is 1. The Morgan fingerprint density at radius 1 is 0.957 bits per heavy atom. The molecule has 7 heteroatoms. The molecule has 0 unspecified atom stereocenters. The summed E-state index contributed by atoms with van der Waals surface area (Å²) in [6.45, 7) is 0. The average molecular weight is 317 g/mol. The number of nitrogens with one attached hydrogen (secondary N) is 1. The molecule has 0 fully saturated rings. The van der Waals surface area contributed by atoms with Crippen molar-refractivity contribution < 1.29 is 13.2 Å². The van der Waals surface area contributed by atoms with Crippen LogP contribution in [0.15, 0.2) is 59.9 Å². The average Bonchev–Trinajstić information content (AvgIpc) is 2.54. The molecule has 0 radical (unpaired) electrons. The summed E-state index contributed by atoms with van der Waals surface area (Å²) in [6.07, 6.45) is -2.88. The minimum atomic E-state index is -4.36. The van der Waals surface area contributed by atoms with Gasteiger partial charge in [0.25, 0.3) is 0 Å². The minimum Gasteiger partial charge on any atom is -0.356 e. The lowest BCUT2D eigenvalue weighted by Crippen LogP contribution is -2.04. The highest BCUT2D eigenvalue weighted by Crippen LogP contribution is 2.31. The second kappa shape index (κ2) is 5.68. The number of rotatable bonds is 3. The van der Waals surface area contributed by atoms with Gasteiger partial charge in [-0.3, -0.25) is 4.98 Å². The zero-order valence-electron chi connectivity index (χ0n) is 11.6. The number of benzene rings is 2. The number of fused-ring (bicyclic) bond motifs is 1. The summed E-state index contributed by atoms with van der Waals surface area (Å²) in [7, 11) is 0. The molecular weight excluding hydrogens is 307 g/mol. The summed E-state index contributed by atoms with van der Waals surface area (Å²) in [5.74, 6) is 0. The van der Waals surface area contributed by atoms with Gasteiger partial charge in [-0.05, 0) is 53.7 Å². The number of hydrogen-bond acceptors (Lipinski definition) is 4. The zero-order valence-corrected chi connectivity index (χ0v) is 11.6. The SMILES string of the molecule is O=Nc1ccnc2ccc(Nc3ccc(C(F)(F)F)cc3)cc12. The molecule has 2 aromatic carbocycles. The van der Waals surface area contributed by atoms with E-state index in [1.54, 1.807) is 18.2 Å². The Balaban J connectivity index is 1.91. The first-order valence-electron chi connectivity index (χ1n) is 6.64. The number of nitrogens with zero attached hydrogens (tertiary/aromatic N) is 2. The summed E-state index contributed by atoms with van der Waals surface area (Å²) >= 11 is 0. The lowest BCUT2D eigenvalue weighted by Gasteiger charge is -2.10. The lowest BCUT2D eigenvalue weighted by atomic mass is 10.1.